The van der Waals surface area contributed by atoms with Gasteiger partial charge in [0.05, 0.1) is 11.4 Å². The van der Waals surface area contributed by atoms with E-state index < -0.39 is 11.7 Å². The molecule has 0 aliphatic rings. The Morgan fingerprint density at radius 2 is 2.15 bits per heavy atom. The minimum absolute atomic E-state index is 0.0807. The molecule has 0 bridgehead atoms. The largest absolute Gasteiger partial charge is 0.397 e. The van der Waals surface area contributed by atoms with Crippen LogP contribution in [0.3, 0.4) is 0 Å². The molecular weight excluding hydrogens is 325 g/mol. The van der Waals surface area contributed by atoms with Gasteiger partial charge in [-0.05, 0) is 48.0 Å². The van der Waals surface area contributed by atoms with E-state index in [9.17, 15) is 9.18 Å². The van der Waals surface area contributed by atoms with E-state index >= 15 is 0 Å². The van der Waals surface area contributed by atoms with E-state index in [0.717, 1.165) is 0 Å². The van der Waals surface area contributed by atoms with Gasteiger partial charge in [-0.25, -0.2) is 4.39 Å². The fourth-order valence-corrected chi connectivity index (χ4v) is 2.35. The fourth-order valence-electron chi connectivity index (χ4n) is 1.90. The molecule has 0 atom stereocenters. The molecule has 0 spiro atoms. The number of nitrogens with zero attached hydrogens (tertiary/aromatic N) is 1. The monoisotopic (exact) mass is 339 g/mol. The number of rotatable bonds is 3. The highest BCUT2D eigenvalue weighted by molar-refractivity contribution is 9.10. The number of aromatic nitrogens is 1. The van der Waals surface area contributed by atoms with Crippen molar-refractivity contribution in [1.82, 2.24) is 4.57 Å². The third-order valence-corrected chi connectivity index (χ3v) is 3.52. The maximum atomic E-state index is 13.7. The average Bonchev–Trinajstić information content (AvgIpc) is 2.76. The highest BCUT2D eigenvalue weighted by Crippen LogP contribution is 2.26. The molecule has 1 aromatic carbocycles. The van der Waals surface area contributed by atoms with Crippen LogP contribution in [0.5, 0.6) is 0 Å². The zero-order valence-corrected chi connectivity index (χ0v) is 12.7. The Hall–Kier alpha value is -1.82. The van der Waals surface area contributed by atoms with Crippen molar-refractivity contribution >= 4 is 33.2 Å². The van der Waals surface area contributed by atoms with Crippen molar-refractivity contribution < 1.29 is 9.18 Å². The molecule has 6 heteroatoms. The number of nitrogens with one attached hydrogen (secondary N) is 1. The lowest BCUT2D eigenvalue weighted by Crippen LogP contribution is -2.18. The predicted octanol–water partition coefficient (Wildman–Crippen LogP) is 3.81. The molecule has 1 amide bonds. The standard InChI is InChI=1S/C14H15BrFN3O/c1-8(2)19-7-9(17)6-12(19)14(20)18-13-10(15)4-3-5-11(13)16/h3-8H,17H2,1-2H3,(H,18,20). The number of halogens is 2. The lowest BCUT2D eigenvalue weighted by Gasteiger charge is -2.13. The van der Waals surface area contributed by atoms with E-state index in [0.29, 0.717) is 15.9 Å². The van der Waals surface area contributed by atoms with Crippen molar-refractivity contribution in [1.29, 1.82) is 0 Å². The number of benzene rings is 1. The summed E-state index contributed by atoms with van der Waals surface area (Å²) in [5, 5.41) is 2.57. The van der Waals surface area contributed by atoms with E-state index in [1.165, 1.54) is 6.07 Å². The molecule has 0 saturated heterocycles. The summed E-state index contributed by atoms with van der Waals surface area (Å²) in [5.41, 5.74) is 6.73. The zero-order valence-electron chi connectivity index (χ0n) is 11.2. The van der Waals surface area contributed by atoms with Gasteiger partial charge in [-0.2, -0.15) is 0 Å². The van der Waals surface area contributed by atoms with Crippen LogP contribution in [-0.4, -0.2) is 10.5 Å². The van der Waals surface area contributed by atoms with Gasteiger partial charge in [-0.3, -0.25) is 4.79 Å². The summed E-state index contributed by atoms with van der Waals surface area (Å²) in [4.78, 5) is 12.3. The molecular formula is C14H15BrFN3O. The topological polar surface area (TPSA) is 60.0 Å². The number of carbonyl (C=O) groups excluding carboxylic acids is 1. The van der Waals surface area contributed by atoms with Gasteiger partial charge in [-0.15, -0.1) is 0 Å². The first-order chi connectivity index (χ1) is 9.40. The maximum absolute atomic E-state index is 13.7. The Morgan fingerprint density at radius 1 is 1.45 bits per heavy atom. The molecule has 2 aromatic rings. The minimum atomic E-state index is -0.497. The van der Waals surface area contributed by atoms with Crippen LogP contribution in [0.4, 0.5) is 15.8 Å². The summed E-state index contributed by atoms with van der Waals surface area (Å²) in [6, 6.07) is 6.16. The lowest BCUT2D eigenvalue weighted by molar-refractivity contribution is 0.101. The van der Waals surface area contributed by atoms with E-state index in [1.807, 2.05) is 13.8 Å². The Kier molecular flexibility index (Phi) is 4.13. The molecule has 1 heterocycles. The Labute approximate surface area is 124 Å². The van der Waals surface area contributed by atoms with Gasteiger partial charge in [-0.1, -0.05) is 6.07 Å². The molecule has 1 aromatic heterocycles. The number of para-hydroxylation sites is 1. The summed E-state index contributed by atoms with van der Waals surface area (Å²) < 4.78 is 16.0. The molecule has 0 unspecified atom stereocenters. The highest BCUT2D eigenvalue weighted by Gasteiger charge is 2.17. The van der Waals surface area contributed by atoms with Crippen LogP contribution >= 0.6 is 15.9 Å². The average molecular weight is 340 g/mol. The number of hydrogen-bond acceptors (Lipinski definition) is 2. The number of hydrogen-bond donors (Lipinski definition) is 2. The summed E-state index contributed by atoms with van der Waals surface area (Å²) in [5.74, 6) is -0.899. The van der Waals surface area contributed by atoms with E-state index in [2.05, 4.69) is 21.2 Å². The van der Waals surface area contributed by atoms with Crippen molar-refractivity contribution in [3.05, 3.63) is 46.4 Å². The second-order valence-electron chi connectivity index (χ2n) is 4.71. The van der Waals surface area contributed by atoms with Crippen molar-refractivity contribution in [3.63, 3.8) is 0 Å². The van der Waals surface area contributed by atoms with E-state index in [-0.39, 0.29) is 11.7 Å². The summed E-state index contributed by atoms with van der Waals surface area (Å²) in [6.07, 6.45) is 1.69. The Bertz CT molecular complexity index is 632. The van der Waals surface area contributed by atoms with Crippen LogP contribution in [0.25, 0.3) is 0 Å². The number of nitrogens with two attached hydrogens (primary N) is 1. The number of carbonyl (C=O) groups is 1. The predicted molar refractivity (Wildman–Crippen MR) is 81.3 cm³/mol. The van der Waals surface area contributed by atoms with Crippen LogP contribution in [0, 0.1) is 5.82 Å². The third-order valence-electron chi connectivity index (χ3n) is 2.86. The fraction of sp³-hybridized carbons (Fsp3) is 0.214. The molecule has 2 rings (SSSR count). The van der Waals surface area contributed by atoms with E-state index in [1.54, 1.807) is 29.0 Å². The quantitative estimate of drug-likeness (QED) is 0.893. The van der Waals surface area contributed by atoms with Gasteiger partial charge < -0.3 is 15.6 Å². The summed E-state index contributed by atoms with van der Waals surface area (Å²) in [6.45, 7) is 3.88. The zero-order chi connectivity index (χ0) is 14.9. The molecule has 0 saturated carbocycles. The van der Waals surface area contributed by atoms with Crippen molar-refractivity contribution in [2.45, 2.75) is 19.9 Å². The molecule has 106 valence electrons. The first kappa shape index (κ1) is 14.6. The second-order valence-corrected chi connectivity index (χ2v) is 5.56. The van der Waals surface area contributed by atoms with Crippen LogP contribution in [0.15, 0.2) is 34.9 Å². The van der Waals surface area contributed by atoms with Gasteiger partial charge in [0.1, 0.15) is 11.5 Å². The molecule has 3 N–H and O–H groups in total. The second kappa shape index (κ2) is 5.66. The van der Waals surface area contributed by atoms with Crippen molar-refractivity contribution in [3.8, 4) is 0 Å². The van der Waals surface area contributed by atoms with Crippen molar-refractivity contribution in [2.75, 3.05) is 11.1 Å². The highest BCUT2D eigenvalue weighted by atomic mass is 79.9. The molecule has 0 radical (unpaired) electrons. The third kappa shape index (κ3) is 2.85. The molecule has 0 aliphatic heterocycles. The lowest BCUT2D eigenvalue weighted by atomic mass is 10.3. The number of anilines is 2. The summed E-state index contributed by atoms with van der Waals surface area (Å²) in [7, 11) is 0. The van der Waals surface area contributed by atoms with Crippen LogP contribution in [0.2, 0.25) is 0 Å². The minimum Gasteiger partial charge on any atom is -0.397 e. The maximum Gasteiger partial charge on any atom is 0.272 e. The Morgan fingerprint density at radius 3 is 2.75 bits per heavy atom. The van der Waals surface area contributed by atoms with Crippen LogP contribution in [-0.2, 0) is 0 Å². The van der Waals surface area contributed by atoms with Gasteiger partial charge in [0, 0.05) is 16.7 Å². The molecule has 0 fully saturated rings. The molecule has 0 aliphatic carbocycles. The van der Waals surface area contributed by atoms with Gasteiger partial charge in [0.25, 0.3) is 5.91 Å². The molecule has 20 heavy (non-hydrogen) atoms. The SMILES string of the molecule is CC(C)n1cc(N)cc1C(=O)Nc1c(F)cccc1Br. The number of amides is 1. The number of nitrogen functional groups attached to an aromatic ring is 1. The first-order valence-corrected chi connectivity index (χ1v) is 6.92. The van der Waals surface area contributed by atoms with Gasteiger partial charge in [0.15, 0.2) is 0 Å². The smallest absolute Gasteiger partial charge is 0.272 e. The summed E-state index contributed by atoms with van der Waals surface area (Å²) >= 11 is 3.21. The van der Waals surface area contributed by atoms with Gasteiger partial charge >= 0.3 is 0 Å². The Balaban J connectivity index is 2.34. The normalized spacial score (nSPS) is 10.8. The van der Waals surface area contributed by atoms with Crippen molar-refractivity contribution in [2.24, 2.45) is 0 Å². The van der Waals surface area contributed by atoms with Crippen LogP contribution < -0.4 is 11.1 Å². The van der Waals surface area contributed by atoms with E-state index in [4.69, 9.17) is 5.73 Å². The van der Waals surface area contributed by atoms with Gasteiger partial charge in [0.2, 0.25) is 0 Å². The first-order valence-electron chi connectivity index (χ1n) is 6.13. The molecule has 4 nitrogen and oxygen atoms in total. The van der Waals surface area contributed by atoms with Crippen LogP contribution in [0.1, 0.15) is 30.4 Å².